The van der Waals surface area contributed by atoms with Crippen LogP contribution in [0.5, 0.6) is 5.75 Å². The number of aryl methyl sites for hydroxylation is 1. The van der Waals surface area contributed by atoms with E-state index >= 15 is 0 Å². The van der Waals surface area contributed by atoms with E-state index in [9.17, 15) is 0 Å². The molecule has 0 saturated heterocycles. The van der Waals surface area contributed by atoms with E-state index < -0.39 is 0 Å². The Hall–Kier alpha value is -1.01. The van der Waals surface area contributed by atoms with E-state index in [0.29, 0.717) is 6.54 Å². The third-order valence-corrected chi connectivity index (χ3v) is 3.63. The van der Waals surface area contributed by atoms with Crippen molar-refractivity contribution in [3.05, 3.63) is 38.9 Å². The molecule has 0 unspecified atom stereocenters. The zero-order valence-corrected chi connectivity index (χ0v) is 13.2. The van der Waals surface area contributed by atoms with E-state index in [2.05, 4.69) is 42.3 Å². The van der Waals surface area contributed by atoms with Crippen molar-refractivity contribution >= 4 is 37.7 Å². The molecular formula is C12H13Br2N3O. The summed E-state index contributed by atoms with van der Waals surface area (Å²) >= 11 is 6.97. The summed E-state index contributed by atoms with van der Waals surface area (Å²) in [5.41, 5.74) is 1.14. The lowest BCUT2D eigenvalue weighted by Gasteiger charge is -2.09. The predicted molar refractivity (Wildman–Crippen MR) is 78.9 cm³/mol. The van der Waals surface area contributed by atoms with Crippen LogP contribution in [0.4, 0.5) is 5.82 Å². The van der Waals surface area contributed by atoms with Gasteiger partial charge in [-0.05, 0) is 49.6 Å². The van der Waals surface area contributed by atoms with Crippen LogP contribution in [-0.2, 0) is 13.6 Å². The Balaban J connectivity index is 2.10. The zero-order chi connectivity index (χ0) is 13.1. The molecule has 1 heterocycles. The first-order valence-electron chi connectivity index (χ1n) is 5.35. The molecule has 96 valence electrons. The smallest absolute Gasteiger partial charge is 0.148 e. The number of nitrogens with one attached hydrogen (secondary N) is 1. The molecule has 0 fully saturated rings. The van der Waals surface area contributed by atoms with Gasteiger partial charge in [0.1, 0.15) is 11.6 Å². The molecule has 0 bridgehead atoms. The number of nitrogens with zero attached hydrogens (tertiary/aromatic N) is 2. The monoisotopic (exact) mass is 373 g/mol. The number of hydrogen-bond donors (Lipinski definition) is 1. The molecule has 1 aromatic carbocycles. The number of ether oxygens (including phenoxy) is 1. The third-order valence-electron chi connectivity index (χ3n) is 2.45. The fourth-order valence-corrected chi connectivity index (χ4v) is 3.22. The second kappa shape index (κ2) is 5.75. The standard InChI is InChI=1S/C12H13Br2N3O/c1-17-4-3-11(16-17)15-7-8-5-9(13)12(18-2)10(14)6-8/h3-6H,7H2,1-2H3,(H,15,16). The lowest BCUT2D eigenvalue weighted by Crippen LogP contribution is -2.01. The first-order chi connectivity index (χ1) is 8.60. The minimum Gasteiger partial charge on any atom is -0.494 e. The number of halogens is 2. The number of hydrogen-bond acceptors (Lipinski definition) is 3. The molecule has 0 radical (unpaired) electrons. The molecule has 0 aliphatic rings. The van der Waals surface area contributed by atoms with Crippen molar-refractivity contribution < 1.29 is 4.74 Å². The van der Waals surface area contributed by atoms with Gasteiger partial charge in [-0.25, -0.2) is 0 Å². The van der Waals surface area contributed by atoms with Crippen molar-refractivity contribution in [3.8, 4) is 5.75 Å². The predicted octanol–water partition coefficient (Wildman–Crippen LogP) is 3.57. The maximum absolute atomic E-state index is 5.27. The molecule has 0 spiro atoms. The van der Waals surface area contributed by atoms with Crippen molar-refractivity contribution in [2.24, 2.45) is 7.05 Å². The highest BCUT2D eigenvalue weighted by Gasteiger charge is 2.07. The fraction of sp³-hybridized carbons (Fsp3) is 0.250. The zero-order valence-electron chi connectivity index (χ0n) is 10.1. The van der Waals surface area contributed by atoms with Crippen LogP contribution in [0.1, 0.15) is 5.56 Å². The van der Waals surface area contributed by atoms with E-state index in [1.165, 1.54) is 0 Å². The van der Waals surface area contributed by atoms with Crippen LogP contribution >= 0.6 is 31.9 Å². The van der Waals surface area contributed by atoms with Crippen molar-refractivity contribution in [3.63, 3.8) is 0 Å². The largest absolute Gasteiger partial charge is 0.494 e. The van der Waals surface area contributed by atoms with Crippen LogP contribution in [0, 0.1) is 0 Å². The van der Waals surface area contributed by atoms with E-state index in [1.807, 2.05) is 31.4 Å². The Labute approximate surface area is 123 Å². The van der Waals surface area contributed by atoms with Gasteiger partial charge in [-0.15, -0.1) is 0 Å². The summed E-state index contributed by atoms with van der Waals surface area (Å²) in [4.78, 5) is 0. The SMILES string of the molecule is COc1c(Br)cc(CNc2ccn(C)n2)cc1Br. The summed E-state index contributed by atoms with van der Waals surface area (Å²) in [5, 5.41) is 7.52. The van der Waals surface area contributed by atoms with Gasteiger partial charge in [0.25, 0.3) is 0 Å². The first-order valence-corrected chi connectivity index (χ1v) is 6.94. The topological polar surface area (TPSA) is 39.1 Å². The van der Waals surface area contributed by atoms with Gasteiger partial charge in [0.05, 0.1) is 16.1 Å². The lowest BCUT2D eigenvalue weighted by atomic mass is 10.2. The van der Waals surface area contributed by atoms with Gasteiger partial charge in [-0.1, -0.05) is 0 Å². The molecule has 2 aromatic rings. The van der Waals surface area contributed by atoms with Crippen molar-refractivity contribution in [2.75, 3.05) is 12.4 Å². The Kier molecular flexibility index (Phi) is 4.29. The normalized spacial score (nSPS) is 10.4. The average Bonchev–Trinajstić information content (AvgIpc) is 2.72. The number of anilines is 1. The van der Waals surface area contributed by atoms with Gasteiger partial charge in [0.2, 0.25) is 0 Å². The molecule has 4 nitrogen and oxygen atoms in total. The van der Waals surface area contributed by atoms with Crippen LogP contribution in [0.25, 0.3) is 0 Å². The second-order valence-corrected chi connectivity index (χ2v) is 5.53. The highest BCUT2D eigenvalue weighted by molar-refractivity contribution is 9.11. The van der Waals surface area contributed by atoms with E-state index in [4.69, 9.17) is 4.74 Å². The van der Waals surface area contributed by atoms with Gasteiger partial charge in [-0.2, -0.15) is 5.10 Å². The highest BCUT2D eigenvalue weighted by Crippen LogP contribution is 2.34. The molecule has 2 rings (SSSR count). The van der Waals surface area contributed by atoms with Gasteiger partial charge in [0, 0.05) is 25.9 Å². The summed E-state index contributed by atoms with van der Waals surface area (Å²) in [6.45, 7) is 0.707. The van der Waals surface area contributed by atoms with Gasteiger partial charge in [0.15, 0.2) is 0 Å². The highest BCUT2D eigenvalue weighted by atomic mass is 79.9. The maximum Gasteiger partial charge on any atom is 0.148 e. The quantitative estimate of drug-likeness (QED) is 0.889. The molecule has 0 aliphatic heterocycles. The van der Waals surface area contributed by atoms with E-state index in [1.54, 1.807) is 11.8 Å². The molecular weight excluding hydrogens is 362 g/mol. The van der Waals surface area contributed by atoms with Gasteiger partial charge in [-0.3, -0.25) is 4.68 Å². The molecule has 18 heavy (non-hydrogen) atoms. The third kappa shape index (κ3) is 3.05. The van der Waals surface area contributed by atoms with Crippen LogP contribution < -0.4 is 10.1 Å². The molecule has 0 aliphatic carbocycles. The molecule has 0 amide bonds. The number of rotatable bonds is 4. The molecule has 1 aromatic heterocycles. The van der Waals surface area contributed by atoms with Crippen LogP contribution in [-0.4, -0.2) is 16.9 Å². The second-order valence-electron chi connectivity index (χ2n) is 3.82. The Morgan fingerprint density at radius 2 is 2.00 bits per heavy atom. The summed E-state index contributed by atoms with van der Waals surface area (Å²) < 4.78 is 8.89. The summed E-state index contributed by atoms with van der Waals surface area (Å²) in [6.07, 6.45) is 1.90. The number of methoxy groups -OCH3 is 1. The van der Waals surface area contributed by atoms with Crippen LogP contribution in [0.2, 0.25) is 0 Å². The fourth-order valence-electron chi connectivity index (χ4n) is 1.61. The summed E-state index contributed by atoms with van der Waals surface area (Å²) in [6, 6.07) is 5.99. The van der Waals surface area contributed by atoms with Crippen molar-refractivity contribution in [1.29, 1.82) is 0 Å². The van der Waals surface area contributed by atoms with Gasteiger partial charge >= 0.3 is 0 Å². The Morgan fingerprint density at radius 1 is 1.33 bits per heavy atom. The molecule has 6 heteroatoms. The Bertz CT molecular complexity index is 531. The molecule has 0 saturated carbocycles. The van der Waals surface area contributed by atoms with Crippen LogP contribution in [0.15, 0.2) is 33.3 Å². The van der Waals surface area contributed by atoms with E-state index in [-0.39, 0.29) is 0 Å². The molecule has 0 atom stereocenters. The number of benzene rings is 1. The summed E-state index contributed by atoms with van der Waals surface area (Å²) in [5.74, 6) is 1.66. The molecule has 1 N–H and O–H groups in total. The van der Waals surface area contributed by atoms with Crippen molar-refractivity contribution in [2.45, 2.75) is 6.54 Å². The minimum absolute atomic E-state index is 0.707. The lowest BCUT2D eigenvalue weighted by molar-refractivity contribution is 0.409. The minimum atomic E-state index is 0.707. The first kappa shape index (κ1) is 13.4. The maximum atomic E-state index is 5.27. The van der Waals surface area contributed by atoms with Crippen molar-refractivity contribution in [1.82, 2.24) is 9.78 Å². The average molecular weight is 375 g/mol. The van der Waals surface area contributed by atoms with Crippen LogP contribution in [0.3, 0.4) is 0 Å². The van der Waals surface area contributed by atoms with E-state index in [0.717, 1.165) is 26.1 Å². The Morgan fingerprint density at radius 3 is 2.50 bits per heavy atom. The van der Waals surface area contributed by atoms with Gasteiger partial charge < -0.3 is 10.1 Å². The summed E-state index contributed by atoms with van der Waals surface area (Å²) in [7, 11) is 3.54. The number of aromatic nitrogens is 2.